The minimum atomic E-state index is -1.17. The van der Waals surface area contributed by atoms with Gasteiger partial charge in [-0.1, -0.05) is 24.3 Å². The number of para-hydroxylation sites is 2. The maximum Gasteiger partial charge on any atom is 0.407 e. The molecule has 0 saturated carbocycles. The topological polar surface area (TPSA) is 200 Å². The molecule has 2 aromatic rings. The van der Waals surface area contributed by atoms with Crippen LogP contribution in [0.25, 0.3) is 0 Å². The molecule has 14 heteroatoms. The first-order valence-electron chi connectivity index (χ1n) is 10.7. The Hall–Kier alpha value is -4.75. The van der Waals surface area contributed by atoms with Gasteiger partial charge in [0.15, 0.2) is 0 Å². The average Bonchev–Trinajstić information content (AvgIpc) is 2.83. The zero-order valence-corrected chi connectivity index (χ0v) is 19.0. The van der Waals surface area contributed by atoms with E-state index in [1.165, 1.54) is 36.4 Å². The molecule has 2 rings (SSSR count). The van der Waals surface area contributed by atoms with Crippen LogP contribution in [0.4, 0.5) is 21.0 Å². The first-order chi connectivity index (χ1) is 17.2. The van der Waals surface area contributed by atoms with Gasteiger partial charge in [0, 0.05) is 24.7 Å². The van der Waals surface area contributed by atoms with E-state index in [0.717, 1.165) is 0 Å². The van der Waals surface area contributed by atoms with Crippen molar-refractivity contribution in [1.29, 1.82) is 0 Å². The van der Waals surface area contributed by atoms with Gasteiger partial charge >= 0.3 is 18.2 Å². The summed E-state index contributed by atoms with van der Waals surface area (Å²) in [5.74, 6) is -1.17. The van der Waals surface area contributed by atoms with Gasteiger partial charge in [-0.15, -0.1) is 0 Å². The summed E-state index contributed by atoms with van der Waals surface area (Å²) in [5, 5.41) is 35.9. The summed E-state index contributed by atoms with van der Waals surface area (Å²) in [5.41, 5.74) is 0.00700. The molecule has 36 heavy (non-hydrogen) atoms. The van der Waals surface area contributed by atoms with E-state index in [2.05, 4.69) is 10.6 Å². The normalized spacial score (nSPS) is 11.1. The highest BCUT2D eigenvalue weighted by Gasteiger charge is 2.19. The largest absolute Gasteiger partial charge is 0.481 e. The van der Waals surface area contributed by atoms with E-state index in [1.807, 2.05) is 0 Å². The molecule has 0 aliphatic heterocycles. The molecule has 1 atom stereocenters. The Morgan fingerprint density at radius 1 is 0.861 bits per heavy atom. The summed E-state index contributed by atoms with van der Waals surface area (Å²) in [6.07, 6.45) is -1.75. The molecule has 14 nitrogen and oxygen atoms in total. The van der Waals surface area contributed by atoms with Crippen molar-refractivity contribution in [3.8, 4) is 0 Å². The first kappa shape index (κ1) is 27.5. The number of nitrogens with zero attached hydrogens (tertiary/aromatic N) is 2. The van der Waals surface area contributed by atoms with Gasteiger partial charge in [0.1, 0.15) is 13.2 Å². The number of carbonyl (C=O) groups excluding carboxylic acids is 2. The number of benzene rings is 2. The summed E-state index contributed by atoms with van der Waals surface area (Å²) in [7, 11) is 0. The first-order valence-corrected chi connectivity index (χ1v) is 10.7. The van der Waals surface area contributed by atoms with Gasteiger partial charge < -0.3 is 25.2 Å². The Balaban J connectivity index is 1.77. The van der Waals surface area contributed by atoms with Crippen molar-refractivity contribution < 1.29 is 38.8 Å². The number of hydrogen-bond acceptors (Lipinski definition) is 9. The zero-order valence-electron chi connectivity index (χ0n) is 19.0. The molecule has 0 aromatic heterocycles. The number of nitro groups is 2. The summed E-state index contributed by atoms with van der Waals surface area (Å²) in [6, 6.07) is 10.7. The number of carboxylic acids is 1. The number of aliphatic carboxylic acids is 1. The number of ether oxygens (including phenoxy) is 2. The van der Waals surface area contributed by atoms with E-state index in [-0.39, 0.29) is 55.1 Å². The van der Waals surface area contributed by atoms with Crippen molar-refractivity contribution in [2.45, 2.75) is 38.5 Å². The van der Waals surface area contributed by atoms with E-state index in [0.29, 0.717) is 0 Å². The fraction of sp³-hybridized carbons (Fsp3) is 0.318. The number of carbonyl (C=O) groups is 3. The van der Waals surface area contributed by atoms with E-state index in [1.54, 1.807) is 12.1 Å². The van der Waals surface area contributed by atoms with Gasteiger partial charge in [0.25, 0.3) is 11.4 Å². The van der Waals surface area contributed by atoms with Crippen LogP contribution in [0.1, 0.15) is 30.4 Å². The molecule has 0 saturated heterocycles. The summed E-state index contributed by atoms with van der Waals surface area (Å²) in [6.45, 7) is -0.605. The van der Waals surface area contributed by atoms with Crippen molar-refractivity contribution in [2.24, 2.45) is 0 Å². The highest BCUT2D eigenvalue weighted by Crippen LogP contribution is 2.19. The third kappa shape index (κ3) is 9.24. The summed E-state index contributed by atoms with van der Waals surface area (Å²) >= 11 is 0. The zero-order chi connectivity index (χ0) is 26.5. The molecule has 1 unspecified atom stereocenters. The Morgan fingerprint density at radius 2 is 1.36 bits per heavy atom. The van der Waals surface area contributed by atoms with Crippen LogP contribution in [0.5, 0.6) is 0 Å². The minimum absolute atomic E-state index is 0.0821. The van der Waals surface area contributed by atoms with Gasteiger partial charge in [0.2, 0.25) is 0 Å². The van der Waals surface area contributed by atoms with Crippen LogP contribution in [0.15, 0.2) is 48.5 Å². The molecular formula is C22H24N4O10. The predicted molar refractivity (Wildman–Crippen MR) is 123 cm³/mol. The van der Waals surface area contributed by atoms with Gasteiger partial charge in [-0.3, -0.25) is 25.0 Å². The van der Waals surface area contributed by atoms with Crippen molar-refractivity contribution in [3.05, 3.63) is 79.9 Å². The van der Waals surface area contributed by atoms with Gasteiger partial charge in [-0.25, -0.2) is 9.59 Å². The molecule has 0 aliphatic carbocycles. The van der Waals surface area contributed by atoms with Crippen molar-refractivity contribution >= 4 is 29.5 Å². The number of rotatable bonds is 13. The molecule has 0 aliphatic rings. The van der Waals surface area contributed by atoms with Crippen LogP contribution in [0.3, 0.4) is 0 Å². The molecule has 0 fully saturated rings. The second-order valence-electron chi connectivity index (χ2n) is 7.43. The van der Waals surface area contributed by atoms with Gasteiger partial charge in [0.05, 0.1) is 27.4 Å². The molecule has 2 amide bonds. The fourth-order valence-corrected chi connectivity index (χ4v) is 3.14. The quantitative estimate of drug-likeness (QED) is 0.206. The molecular weight excluding hydrogens is 480 g/mol. The lowest BCUT2D eigenvalue weighted by atomic mass is 10.1. The molecule has 0 spiro atoms. The highest BCUT2D eigenvalue weighted by atomic mass is 16.6. The van der Waals surface area contributed by atoms with Gasteiger partial charge in [-0.2, -0.15) is 0 Å². The maximum absolute atomic E-state index is 12.1. The minimum Gasteiger partial charge on any atom is -0.481 e. The lowest BCUT2D eigenvalue weighted by Gasteiger charge is -2.17. The van der Waals surface area contributed by atoms with E-state index in [4.69, 9.17) is 14.6 Å². The van der Waals surface area contributed by atoms with Crippen LogP contribution in [0, 0.1) is 20.2 Å². The monoisotopic (exact) mass is 504 g/mol. The smallest absolute Gasteiger partial charge is 0.407 e. The van der Waals surface area contributed by atoms with Crippen LogP contribution >= 0.6 is 0 Å². The van der Waals surface area contributed by atoms with Crippen LogP contribution in [-0.4, -0.2) is 45.7 Å². The number of nitrogens with one attached hydrogen (secondary N) is 2. The fourth-order valence-electron chi connectivity index (χ4n) is 3.14. The summed E-state index contributed by atoms with van der Waals surface area (Å²) < 4.78 is 9.96. The Kier molecular flexibility index (Phi) is 10.6. The molecule has 192 valence electrons. The number of carboxylic acid groups (broad SMARTS) is 1. The third-order valence-electron chi connectivity index (χ3n) is 4.84. The van der Waals surface area contributed by atoms with Crippen LogP contribution < -0.4 is 10.6 Å². The van der Waals surface area contributed by atoms with Crippen LogP contribution in [-0.2, 0) is 27.5 Å². The predicted octanol–water partition coefficient (Wildman–Crippen LogP) is 3.28. The van der Waals surface area contributed by atoms with Crippen molar-refractivity contribution in [3.63, 3.8) is 0 Å². The SMILES string of the molecule is O=C(O)CC(CCCNC(=O)OCc1ccccc1[N+](=O)[O-])NC(=O)OCc1ccccc1[N+](=O)[O-]. The van der Waals surface area contributed by atoms with E-state index < -0.39 is 40.5 Å². The standard InChI is InChI=1S/C22H24N4O10/c27-20(28)12-17(24-22(30)36-14-16-7-2-4-10-19(16)26(33)34)8-5-11-23-21(29)35-13-15-6-1-3-9-18(15)25(31)32/h1-4,6-7,9-10,17H,5,8,11-14H2,(H,23,29)(H,24,30)(H,27,28). The second-order valence-corrected chi connectivity index (χ2v) is 7.43. The van der Waals surface area contributed by atoms with Crippen molar-refractivity contribution in [1.82, 2.24) is 10.6 Å². The number of alkyl carbamates (subject to hydrolysis) is 2. The van der Waals surface area contributed by atoms with Crippen LogP contribution in [0.2, 0.25) is 0 Å². The Labute approximate surface area is 204 Å². The highest BCUT2D eigenvalue weighted by molar-refractivity contribution is 5.71. The number of amides is 2. The van der Waals surface area contributed by atoms with E-state index >= 15 is 0 Å². The molecule has 0 heterocycles. The Morgan fingerprint density at radius 3 is 1.86 bits per heavy atom. The van der Waals surface area contributed by atoms with Gasteiger partial charge in [-0.05, 0) is 25.0 Å². The lowest BCUT2D eigenvalue weighted by Crippen LogP contribution is -2.37. The maximum atomic E-state index is 12.1. The molecule has 2 aromatic carbocycles. The Bertz CT molecular complexity index is 1110. The average molecular weight is 504 g/mol. The number of hydrogen-bond donors (Lipinski definition) is 3. The van der Waals surface area contributed by atoms with Crippen molar-refractivity contribution in [2.75, 3.05) is 6.54 Å². The lowest BCUT2D eigenvalue weighted by molar-refractivity contribution is -0.386. The summed E-state index contributed by atoms with van der Waals surface area (Å²) in [4.78, 5) is 55.9. The second kappa shape index (κ2) is 13.8. The molecule has 3 N–H and O–H groups in total. The number of nitro benzene ring substituents is 2. The molecule has 0 bridgehead atoms. The van der Waals surface area contributed by atoms with E-state index in [9.17, 15) is 34.6 Å². The third-order valence-corrected chi connectivity index (χ3v) is 4.84. The molecule has 0 radical (unpaired) electrons.